The van der Waals surface area contributed by atoms with Crippen molar-refractivity contribution in [3.05, 3.63) is 35.4 Å². The third-order valence-electron chi connectivity index (χ3n) is 3.76. The highest BCUT2D eigenvalue weighted by molar-refractivity contribution is 5.21. The van der Waals surface area contributed by atoms with Crippen molar-refractivity contribution in [2.45, 2.75) is 43.8 Å². The second-order valence-electron chi connectivity index (χ2n) is 5.04. The lowest BCUT2D eigenvalue weighted by molar-refractivity contribution is -0.0435. The van der Waals surface area contributed by atoms with E-state index < -0.39 is 17.2 Å². The van der Waals surface area contributed by atoms with Crippen LogP contribution in [-0.4, -0.2) is 23.9 Å². The summed E-state index contributed by atoms with van der Waals surface area (Å²) in [6, 6.07) is 3.78. The summed E-state index contributed by atoms with van der Waals surface area (Å²) in [5.74, 6) is -1.17. The topological polar surface area (TPSA) is 29.5 Å². The Bertz CT molecular complexity index is 392. The summed E-state index contributed by atoms with van der Waals surface area (Å²) in [5.41, 5.74) is -1.03. The number of benzene rings is 1. The molecule has 0 amide bonds. The van der Waals surface area contributed by atoms with E-state index in [1.165, 1.54) is 18.2 Å². The maximum atomic E-state index is 13.5. The van der Waals surface area contributed by atoms with Crippen LogP contribution in [-0.2, 0) is 11.2 Å². The van der Waals surface area contributed by atoms with E-state index in [9.17, 15) is 13.9 Å². The summed E-state index contributed by atoms with van der Waals surface area (Å²) in [4.78, 5) is 0. The molecule has 4 heteroatoms. The molecule has 1 aliphatic rings. The second-order valence-corrected chi connectivity index (χ2v) is 5.04. The fourth-order valence-electron chi connectivity index (χ4n) is 2.57. The number of aliphatic hydroxyl groups is 1. The molecule has 0 spiro atoms. The minimum absolute atomic E-state index is 0.0177. The van der Waals surface area contributed by atoms with E-state index in [1.807, 2.05) is 0 Å². The van der Waals surface area contributed by atoms with Crippen molar-refractivity contribution in [3.63, 3.8) is 0 Å². The molecule has 1 N–H and O–H groups in total. The average molecular weight is 256 g/mol. The summed E-state index contributed by atoms with van der Waals surface area (Å²) in [6.45, 7) is 0. The van der Waals surface area contributed by atoms with Crippen molar-refractivity contribution in [3.8, 4) is 0 Å². The molecule has 1 aromatic carbocycles. The number of halogens is 2. The Morgan fingerprint density at radius 2 is 1.83 bits per heavy atom. The first kappa shape index (κ1) is 13.4. The predicted octanol–water partition coefficient (Wildman–Crippen LogP) is 2.83. The fourth-order valence-corrected chi connectivity index (χ4v) is 2.57. The fraction of sp³-hybridized carbons (Fsp3) is 0.571. The van der Waals surface area contributed by atoms with Crippen LogP contribution >= 0.6 is 0 Å². The number of ether oxygens (including phenoxy) is 1. The van der Waals surface area contributed by atoms with Gasteiger partial charge in [-0.25, -0.2) is 8.78 Å². The third kappa shape index (κ3) is 2.87. The summed E-state index contributed by atoms with van der Waals surface area (Å²) in [5, 5.41) is 10.4. The van der Waals surface area contributed by atoms with E-state index >= 15 is 0 Å². The molecule has 0 saturated heterocycles. The number of hydrogen-bond donors (Lipinski definition) is 1. The first-order chi connectivity index (χ1) is 8.54. The van der Waals surface area contributed by atoms with E-state index in [1.54, 1.807) is 7.11 Å². The zero-order valence-corrected chi connectivity index (χ0v) is 10.5. The van der Waals surface area contributed by atoms with Crippen LogP contribution < -0.4 is 0 Å². The van der Waals surface area contributed by atoms with Crippen molar-refractivity contribution >= 4 is 0 Å². The van der Waals surface area contributed by atoms with Gasteiger partial charge in [-0.15, -0.1) is 0 Å². The Balaban J connectivity index is 2.09. The van der Waals surface area contributed by atoms with Crippen LogP contribution in [0.1, 0.15) is 31.2 Å². The van der Waals surface area contributed by atoms with Gasteiger partial charge in [0.2, 0.25) is 0 Å². The van der Waals surface area contributed by atoms with Gasteiger partial charge in [0.05, 0.1) is 11.7 Å². The molecular formula is C14H18F2O2. The predicted molar refractivity (Wildman–Crippen MR) is 64.3 cm³/mol. The minimum atomic E-state index is -1.02. The maximum Gasteiger partial charge on any atom is 0.129 e. The molecule has 0 bridgehead atoms. The van der Waals surface area contributed by atoms with Crippen molar-refractivity contribution in [1.29, 1.82) is 0 Å². The van der Waals surface area contributed by atoms with Crippen molar-refractivity contribution in [1.82, 2.24) is 0 Å². The molecule has 0 atom stereocenters. The highest BCUT2D eigenvalue weighted by Crippen LogP contribution is 2.33. The van der Waals surface area contributed by atoms with Gasteiger partial charge in [0.25, 0.3) is 0 Å². The molecule has 1 saturated carbocycles. The van der Waals surface area contributed by atoms with E-state index in [0.29, 0.717) is 12.8 Å². The lowest BCUT2D eigenvalue weighted by Gasteiger charge is -2.35. The van der Waals surface area contributed by atoms with Gasteiger partial charge < -0.3 is 9.84 Å². The SMILES string of the molecule is COC1CCC(O)(Cc2c(F)cccc2F)CC1. The summed E-state index contributed by atoms with van der Waals surface area (Å²) < 4.78 is 32.3. The van der Waals surface area contributed by atoms with Gasteiger partial charge in [-0.1, -0.05) is 6.07 Å². The molecular weight excluding hydrogens is 238 g/mol. The van der Waals surface area contributed by atoms with E-state index in [2.05, 4.69) is 0 Å². The van der Waals surface area contributed by atoms with Crippen LogP contribution in [0.4, 0.5) is 8.78 Å². The summed E-state index contributed by atoms with van der Waals surface area (Å²) in [7, 11) is 1.64. The van der Waals surface area contributed by atoms with Gasteiger partial charge in [0.1, 0.15) is 11.6 Å². The summed E-state index contributed by atoms with van der Waals surface area (Å²) >= 11 is 0. The molecule has 1 aliphatic carbocycles. The van der Waals surface area contributed by atoms with Gasteiger partial charge in [0, 0.05) is 19.1 Å². The Morgan fingerprint density at radius 3 is 2.33 bits per heavy atom. The quantitative estimate of drug-likeness (QED) is 0.901. The van der Waals surface area contributed by atoms with Gasteiger partial charge in [-0.2, -0.15) is 0 Å². The monoisotopic (exact) mass is 256 g/mol. The van der Waals surface area contributed by atoms with Crippen molar-refractivity contribution in [2.75, 3.05) is 7.11 Å². The number of rotatable bonds is 3. The van der Waals surface area contributed by atoms with Crippen molar-refractivity contribution in [2.24, 2.45) is 0 Å². The molecule has 2 nitrogen and oxygen atoms in total. The zero-order valence-electron chi connectivity index (χ0n) is 10.5. The van der Waals surface area contributed by atoms with Crippen LogP contribution in [0.5, 0.6) is 0 Å². The third-order valence-corrected chi connectivity index (χ3v) is 3.76. The highest BCUT2D eigenvalue weighted by atomic mass is 19.1. The van der Waals surface area contributed by atoms with E-state index in [-0.39, 0.29) is 18.1 Å². The summed E-state index contributed by atoms with van der Waals surface area (Å²) in [6.07, 6.45) is 2.66. The van der Waals surface area contributed by atoms with Crippen molar-refractivity contribution < 1.29 is 18.6 Å². The Hall–Kier alpha value is -1.00. The molecule has 0 aliphatic heterocycles. The number of methoxy groups -OCH3 is 1. The molecule has 0 aromatic heterocycles. The molecule has 0 heterocycles. The first-order valence-electron chi connectivity index (χ1n) is 6.22. The van der Waals surface area contributed by atoms with Crippen LogP contribution in [0.2, 0.25) is 0 Å². The van der Waals surface area contributed by atoms with Crippen LogP contribution in [0.3, 0.4) is 0 Å². The van der Waals surface area contributed by atoms with Crippen LogP contribution in [0.15, 0.2) is 18.2 Å². The van der Waals surface area contributed by atoms with Gasteiger partial charge in [-0.05, 0) is 37.8 Å². The molecule has 0 unspecified atom stereocenters. The van der Waals surface area contributed by atoms with Gasteiger partial charge in [-0.3, -0.25) is 0 Å². The largest absolute Gasteiger partial charge is 0.390 e. The molecule has 100 valence electrons. The van der Waals surface area contributed by atoms with E-state index in [4.69, 9.17) is 4.74 Å². The molecule has 1 aromatic rings. The zero-order chi connectivity index (χ0) is 13.2. The smallest absolute Gasteiger partial charge is 0.129 e. The van der Waals surface area contributed by atoms with Crippen LogP contribution in [0, 0.1) is 11.6 Å². The lowest BCUT2D eigenvalue weighted by Crippen LogP contribution is -2.38. The normalized spacial score (nSPS) is 28.3. The minimum Gasteiger partial charge on any atom is -0.390 e. The van der Waals surface area contributed by atoms with Crippen LogP contribution in [0.25, 0.3) is 0 Å². The molecule has 0 radical (unpaired) electrons. The Labute approximate surface area is 106 Å². The van der Waals surface area contributed by atoms with Gasteiger partial charge in [0.15, 0.2) is 0 Å². The Morgan fingerprint density at radius 1 is 1.28 bits per heavy atom. The maximum absolute atomic E-state index is 13.5. The second kappa shape index (κ2) is 5.33. The standard InChI is InChI=1S/C14H18F2O2/c1-18-10-5-7-14(17,8-6-10)9-11-12(15)3-2-4-13(11)16/h2-4,10,17H,5-9H2,1H3. The van der Waals surface area contributed by atoms with E-state index in [0.717, 1.165) is 12.8 Å². The molecule has 1 fully saturated rings. The lowest BCUT2D eigenvalue weighted by atomic mass is 9.79. The number of hydrogen-bond acceptors (Lipinski definition) is 2. The van der Waals surface area contributed by atoms with Gasteiger partial charge >= 0.3 is 0 Å². The molecule has 18 heavy (non-hydrogen) atoms. The first-order valence-corrected chi connectivity index (χ1v) is 6.22. The Kier molecular flexibility index (Phi) is 3.97. The highest BCUT2D eigenvalue weighted by Gasteiger charge is 2.34. The average Bonchev–Trinajstić information content (AvgIpc) is 2.35. The molecule has 2 rings (SSSR count).